The van der Waals surface area contributed by atoms with E-state index in [1.54, 1.807) is 0 Å². The third-order valence-corrected chi connectivity index (χ3v) is 3.33. The van der Waals surface area contributed by atoms with Gasteiger partial charge < -0.3 is 5.11 Å². The van der Waals surface area contributed by atoms with Crippen LogP contribution in [0.2, 0.25) is 0 Å². The largest absolute Gasteiger partial charge is 0.392 e. The molecule has 3 rings (SSSR count). The molecule has 1 N–H and O–H groups in total. The van der Waals surface area contributed by atoms with Crippen molar-refractivity contribution in [3.63, 3.8) is 0 Å². The second kappa shape index (κ2) is 3.46. The van der Waals surface area contributed by atoms with Crippen LogP contribution in [0.3, 0.4) is 0 Å². The first-order chi connectivity index (χ1) is 7.77. The molecule has 0 bridgehead atoms. The average Bonchev–Trinajstić information content (AvgIpc) is 2.30. The van der Waals surface area contributed by atoms with Gasteiger partial charge in [0.15, 0.2) is 0 Å². The normalized spacial score (nSPS) is 20.0. The molecule has 0 spiro atoms. The summed E-state index contributed by atoms with van der Waals surface area (Å²) in [7, 11) is 0. The highest BCUT2D eigenvalue weighted by molar-refractivity contribution is 5.95. The highest BCUT2D eigenvalue weighted by Gasteiger charge is 2.20. The Labute approximate surface area is 95.0 Å². The highest BCUT2D eigenvalue weighted by Crippen LogP contribution is 2.36. The van der Waals surface area contributed by atoms with Crippen molar-refractivity contribution < 1.29 is 5.11 Å². The topological polar surface area (TPSA) is 20.2 Å². The Morgan fingerprint density at radius 1 is 1.12 bits per heavy atom. The van der Waals surface area contributed by atoms with Crippen molar-refractivity contribution in [2.75, 3.05) is 0 Å². The zero-order valence-electron chi connectivity index (χ0n) is 9.22. The average molecular weight is 210 g/mol. The predicted octanol–water partition coefficient (Wildman–Crippen LogP) is 3.33. The molecule has 0 amide bonds. The van der Waals surface area contributed by atoms with Gasteiger partial charge in [0.25, 0.3) is 0 Å². The first-order valence-electron chi connectivity index (χ1n) is 5.65. The van der Waals surface area contributed by atoms with E-state index in [1.165, 1.54) is 21.9 Å². The number of rotatable bonds is 1. The summed E-state index contributed by atoms with van der Waals surface area (Å²) < 4.78 is 0. The maximum atomic E-state index is 9.80. The molecule has 0 radical (unpaired) electrons. The van der Waals surface area contributed by atoms with E-state index in [1.807, 2.05) is 6.92 Å². The Morgan fingerprint density at radius 2 is 1.88 bits per heavy atom. The van der Waals surface area contributed by atoms with Crippen molar-refractivity contribution in [1.82, 2.24) is 0 Å². The lowest BCUT2D eigenvalue weighted by atomic mass is 9.84. The van der Waals surface area contributed by atoms with E-state index in [2.05, 4.69) is 48.6 Å². The molecule has 2 unspecified atom stereocenters. The van der Waals surface area contributed by atoms with Crippen molar-refractivity contribution in [3.8, 4) is 0 Å². The monoisotopic (exact) mass is 210 g/mol. The molecule has 2 atom stereocenters. The molecule has 0 aromatic heterocycles. The second-order valence-electron chi connectivity index (χ2n) is 4.42. The van der Waals surface area contributed by atoms with Crippen molar-refractivity contribution >= 4 is 16.8 Å². The fourth-order valence-electron chi connectivity index (χ4n) is 2.55. The molecule has 1 nitrogen and oxygen atoms in total. The molecule has 1 aliphatic carbocycles. The molecule has 0 fully saturated rings. The summed E-state index contributed by atoms with van der Waals surface area (Å²) in [6, 6.07) is 12.6. The third-order valence-electron chi connectivity index (χ3n) is 3.33. The fourth-order valence-corrected chi connectivity index (χ4v) is 2.55. The molecular formula is C15H14O. The van der Waals surface area contributed by atoms with Crippen molar-refractivity contribution in [2.24, 2.45) is 0 Å². The van der Waals surface area contributed by atoms with E-state index in [-0.39, 0.29) is 12.0 Å². The summed E-state index contributed by atoms with van der Waals surface area (Å²) in [4.78, 5) is 0. The number of benzene rings is 2. The van der Waals surface area contributed by atoms with Crippen LogP contribution in [0.4, 0.5) is 0 Å². The van der Waals surface area contributed by atoms with E-state index < -0.39 is 0 Å². The molecule has 80 valence electrons. The molecule has 2 aromatic rings. The SMILES string of the molecule is CC(O)C1C=Cc2cccc3cccc1c23. The lowest BCUT2D eigenvalue weighted by molar-refractivity contribution is 0.179. The van der Waals surface area contributed by atoms with Gasteiger partial charge in [-0.2, -0.15) is 0 Å². The van der Waals surface area contributed by atoms with Gasteiger partial charge in [-0.25, -0.2) is 0 Å². The highest BCUT2D eigenvalue weighted by atomic mass is 16.3. The summed E-state index contributed by atoms with van der Waals surface area (Å²) in [5, 5.41) is 12.3. The predicted molar refractivity (Wildman–Crippen MR) is 67.4 cm³/mol. The summed E-state index contributed by atoms with van der Waals surface area (Å²) >= 11 is 0. The van der Waals surface area contributed by atoms with Gasteiger partial charge >= 0.3 is 0 Å². The molecule has 0 saturated heterocycles. The zero-order chi connectivity index (χ0) is 11.1. The lowest BCUT2D eigenvalue weighted by Gasteiger charge is -2.23. The van der Waals surface area contributed by atoms with Gasteiger partial charge in [0.2, 0.25) is 0 Å². The first-order valence-corrected chi connectivity index (χ1v) is 5.65. The number of aliphatic hydroxyl groups is 1. The Kier molecular flexibility index (Phi) is 2.08. The lowest BCUT2D eigenvalue weighted by Crippen LogP contribution is -2.14. The van der Waals surface area contributed by atoms with Gasteiger partial charge in [-0.15, -0.1) is 0 Å². The second-order valence-corrected chi connectivity index (χ2v) is 4.42. The maximum absolute atomic E-state index is 9.80. The van der Waals surface area contributed by atoms with E-state index >= 15 is 0 Å². The molecular weight excluding hydrogens is 196 g/mol. The number of hydrogen-bond acceptors (Lipinski definition) is 1. The minimum atomic E-state index is -0.338. The van der Waals surface area contributed by atoms with Gasteiger partial charge in [-0.3, -0.25) is 0 Å². The molecule has 0 saturated carbocycles. The van der Waals surface area contributed by atoms with Gasteiger partial charge in [0, 0.05) is 5.92 Å². The van der Waals surface area contributed by atoms with Gasteiger partial charge in [-0.1, -0.05) is 48.6 Å². The molecule has 0 aliphatic heterocycles. The first kappa shape index (κ1) is 9.61. The Morgan fingerprint density at radius 3 is 2.62 bits per heavy atom. The van der Waals surface area contributed by atoms with Gasteiger partial charge in [0.05, 0.1) is 6.10 Å². The summed E-state index contributed by atoms with van der Waals surface area (Å²) in [5.41, 5.74) is 2.50. The third kappa shape index (κ3) is 1.29. The fraction of sp³-hybridized carbons (Fsp3) is 0.200. The smallest absolute Gasteiger partial charge is 0.0615 e. The maximum Gasteiger partial charge on any atom is 0.0615 e. The summed E-state index contributed by atoms with van der Waals surface area (Å²) in [5.74, 6) is 0.124. The standard InChI is InChI=1S/C15H14O/c1-10(16)13-9-8-12-5-2-4-11-6-3-7-14(13)15(11)12/h2-10,13,16H,1H3. The molecule has 2 aromatic carbocycles. The zero-order valence-corrected chi connectivity index (χ0v) is 9.22. The number of aliphatic hydroxyl groups excluding tert-OH is 1. The van der Waals surface area contributed by atoms with Crippen LogP contribution in [0, 0.1) is 0 Å². The Hall–Kier alpha value is -1.60. The van der Waals surface area contributed by atoms with Crippen LogP contribution in [0.1, 0.15) is 24.0 Å². The molecule has 0 heterocycles. The van der Waals surface area contributed by atoms with Crippen LogP contribution >= 0.6 is 0 Å². The van der Waals surface area contributed by atoms with Crippen LogP contribution in [0.25, 0.3) is 16.8 Å². The quantitative estimate of drug-likeness (QED) is 0.765. The van der Waals surface area contributed by atoms with Crippen LogP contribution in [0.15, 0.2) is 42.5 Å². The van der Waals surface area contributed by atoms with Crippen molar-refractivity contribution in [1.29, 1.82) is 0 Å². The minimum absolute atomic E-state index is 0.124. The van der Waals surface area contributed by atoms with E-state index in [4.69, 9.17) is 0 Å². The van der Waals surface area contributed by atoms with Crippen LogP contribution in [-0.4, -0.2) is 11.2 Å². The number of hydrogen-bond donors (Lipinski definition) is 1. The van der Waals surface area contributed by atoms with Gasteiger partial charge in [0.1, 0.15) is 0 Å². The Balaban J connectivity index is 2.36. The molecule has 1 aliphatic rings. The van der Waals surface area contributed by atoms with E-state index in [0.29, 0.717) is 0 Å². The van der Waals surface area contributed by atoms with E-state index in [9.17, 15) is 5.11 Å². The van der Waals surface area contributed by atoms with Crippen molar-refractivity contribution in [3.05, 3.63) is 53.6 Å². The van der Waals surface area contributed by atoms with Crippen LogP contribution < -0.4 is 0 Å². The van der Waals surface area contributed by atoms with Crippen LogP contribution in [0.5, 0.6) is 0 Å². The van der Waals surface area contributed by atoms with E-state index in [0.717, 1.165) is 0 Å². The minimum Gasteiger partial charge on any atom is -0.392 e. The molecule has 1 heteroatoms. The Bertz CT molecular complexity index is 561. The van der Waals surface area contributed by atoms with Gasteiger partial charge in [-0.05, 0) is 28.8 Å². The summed E-state index contributed by atoms with van der Waals surface area (Å²) in [6.45, 7) is 1.85. The summed E-state index contributed by atoms with van der Waals surface area (Å²) in [6.07, 6.45) is 3.88. The van der Waals surface area contributed by atoms with Crippen LogP contribution in [-0.2, 0) is 0 Å². The molecule has 16 heavy (non-hydrogen) atoms. The van der Waals surface area contributed by atoms with Crippen molar-refractivity contribution in [2.45, 2.75) is 18.9 Å².